The fourth-order valence-corrected chi connectivity index (χ4v) is 1.52. The Hall–Kier alpha value is -0.900. The van der Waals surface area contributed by atoms with Gasteiger partial charge in [-0.25, -0.2) is 4.98 Å². The summed E-state index contributed by atoms with van der Waals surface area (Å²) in [6.07, 6.45) is 1.79. The van der Waals surface area contributed by atoms with Crippen molar-refractivity contribution in [1.29, 1.82) is 0 Å². The van der Waals surface area contributed by atoms with Crippen molar-refractivity contribution in [3.63, 3.8) is 0 Å². The minimum Gasteiger partial charge on any atom is -0.309 e. The molecule has 0 saturated carbocycles. The summed E-state index contributed by atoms with van der Waals surface area (Å²) in [5, 5.41) is 0. The van der Waals surface area contributed by atoms with E-state index in [1.165, 1.54) is 0 Å². The first kappa shape index (κ1) is 5.85. The first-order chi connectivity index (χ1) is 4.88. The molecule has 0 unspecified atom stereocenters. The van der Waals surface area contributed by atoms with Crippen LogP contribution in [0.1, 0.15) is 0 Å². The number of pyridine rings is 1. The van der Waals surface area contributed by atoms with Crippen molar-refractivity contribution in [2.45, 2.75) is 0 Å². The summed E-state index contributed by atoms with van der Waals surface area (Å²) in [7, 11) is 1.98. The van der Waals surface area contributed by atoms with Crippen LogP contribution in [0.5, 0.6) is 0 Å². The van der Waals surface area contributed by atoms with Gasteiger partial charge in [-0.1, -0.05) is 0 Å². The molecule has 1 aliphatic rings. The summed E-state index contributed by atoms with van der Waals surface area (Å²) in [5.74, 6) is 1.01. The van der Waals surface area contributed by atoms with Crippen LogP contribution < -0.4 is 9.03 Å². The van der Waals surface area contributed by atoms with E-state index in [1.807, 2.05) is 23.5 Å². The third-order valence-electron chi connectivity index (χ3n) is 1.38. The average molecular weight is 153 g/mol. The molecule has 1 aromatic heterocycles. The topological polar surface area (TPSA) is 28.2 Å². The second kappa shape index (κ2) is 2.05. The molecule has 2 rings (SSSR count). The average Bonchev–Trinajstić information content (AvgIpc) is 2.34. The molecule has 0 aliphatic carbocycles. The van der Waals surface area contributed by atoms with Crippen LogP contribution in [-0.2, 0) is 0 Å². The summed E-state index contributed by atoms with van der Waals surface area (Å²) in [4.78, 5) is 4.18. The molecule has 0 spiro atoms. The van der Waals surface area contributed by atoms with Crippen molar-refractivity contribution in [3.8, 4) is 0 Å². The predicted molar refractivity (Wildman–Crippen MR) is 43.9 cm³/mol. The second-order valence-corrected chi connectivity index (χ2v) is 3.00. The van der Waals surface area contributed by atoms with Gasteiger partial charge in [-0.05, 0) is 12.1 Å². The molecule has 0 amide bonds. The Kier molecular flexibility index (Phi) is 1.20. The largest absolute Gasteiger partial charge is 0.309 e. The zero-order valence-electron chi connectivity index (χ0n) is 5.53. The fourth-order valence-electron chi connectivity index (χ4n) is 0.888. The molecule has 1 N–H and O–H groups in total. The summed E-state index contributed by atoms with van der Waals surface area (Å²) >= 11 is 1.55. The van der Waals surface area contributed by atoms with Crippen molar-refractivity contribution < 1.29 is 0 Å². The maximum atomic E-state index is 4.18. The summed E-state index contributed by atoms with van der Waals surface area (Å²) < 4.78 is 5.13. The molecule has 0 bridgehead atoms. The third kappa shape index (κ3) is 0.724. The van der Waals surface area contributed by atoms with Crippen molar-refractivity contribution in [3.05, 3.63) is 18.3 Å². The normalized spacial score (nSPS) is 14.7. The van der Waals surface area contributed by atoms with E-state index in [0.717, 1.165) is 11.5 Å². The zero-order valence-corrected chi connectivity index (χ0v) is 6.35. The van der Waals surface area contributed by atoms with Gasteiger partial charge in [-0.15, -0.1) is 0 Å². The lowest BCUT2D eigenvalue weighted by molar-refractivity contribution is 1.24. The Morgan fingerprint density at radius 3 is 3.40 bits per heavy atom. The van der Waals surface area contributed by atoms with E-state index in [1.54, 1.807) is 18.3 Å². The third-order valence-corrected chi connectivity index (χ3v) is 2.14. The number of nitrogens with zero attached hydrogens (tertiary/aromatic N) is 2. The number of aromatic nitrogens is 1. The van der Waals surface area contributed by atoms with Crippen molar-refractivity contribution in [2.75, 3.05) is 16.1 Å². The monoisotopic (exact) mass is 153 g/mol. The fraction of sp³-hybridized carbons (Fsp3) is 0.167. The van der Waals surface area contributed by atoms with Crippen molar-refractivity contribution >= 4 is 23.6 Å². The lowest BCUT2D eigenvalue weighted by atomic mass is 10.4. The van der Waals surface area contributed by atoms with Crippen LogP contribution >= 0.6 is 12.1 Å². The van der Waals surface area contributed by atoms with E-state index < -0.39 is 0 Å². The molecular formula is C6H7N3S. The molecule has 0 radical (unpaired) electrons. The quantitative estimate of drug-likeness (QED) is 0.572. The van der Waals surface area contributed by atoms with Crippen LogP contribution in [-0.4, -0.2) is 12.0 Å². The molecule has 52 valence electrons. The van der Waals surface area contributed by atoms with Gasteiger partial charge in [0, 0.05) is 13.2 Å². The number of rotatable bonds is 0. The predicted octanol–water partition coefficient (Wildman–Crippen LogP) is 1.51. The van der Waals surface area contributed by atoms with E-state index in [0.29, 0.717) is 0 Å². The number of anilines is 2. The Balaban J connectivity index is 2.51. The van der Waals surface area contributed by atoms with E-state index in [9.17, 15) is 0 Å². The highest BCUT2D eigenvalue weighted by Crippen LogP contribution is 2.34. The van der Waals surface area contributed by atoms with Gasteiger partial charge in [0.05, 0.1) is 17.8 Å². The lowest BCUT2D eigenvalue weighted by Crippen LogP contribution is -2.02. The molecule has 0 saturated heterocycles. The van der Waals surface area contributed by atoms with Gasteiger partial charge in [0.15, 0.2) is 5.82 Å². The molecule has 10 heavy (non-hydrogen) atoms. The maximum absolute atomic E-state index is 4.18. The van der Waals surface area contributed by atoms with E-state index in [2.05, 4.69) is 9.71 Å². The van der Waals surface area contributed by atoms with Crippen LogP contribution in [0.3, 0.4) is 0 Å². The van der Waals surface area contributed by atoms with E-state index in [4.69, 9.17) is 0 Å². The second-order valence-electron chi connectivity index (χ2n) is 2.07. The molecular weight excluding hydrogens is 146 g/mol. The summed E-state index contributed by atoms with van der Waals surface area (Å²) in [6, 6.07) is 3.93. The number of nitrogens with one attached hydrogen (secondary N) is 1. The molecule has 2 heterocycles. The van der Waals surface area contributed by atoms with Crippen LogP contribution in [0.4, 0.5) is 11.5 Å². The highest BCUT2D eigenvalue weighted by Gasteiger charge is 2.15. The maximum Gasteiger partial charge on any atom is 0.163 e. The highest BCUT2D eigenvalue weighted by atomic mass is 32.2. The number of hydrogen-bond acceptors (Lipinski definition) is 4. The minimum absolute atomic E-state index is 1.01. The first-order valence-corrected chi connectivity index (χ1v) is 3.77. The molecule has 1 aliphatic heterocycles. The SMILES string of the molecule is CN1SNc2cccnc21. The van der Waals surface area contributed by atoms with Gasteiger partial charge >= 0.3 is 0 Å². The summed E-state index contributed by atoms with van der Waals surface area (Å²) in [5.41, 5.74) is 1.09. The van der Waals surface area contributed by atoms with Gasteiger partial charge < -0.3 is 4.72 Å². The zero-order chi connectivity index (χ0) is 6.97. The first-order valence-electron chi connectivity index (χ1n) is 2.99. The molecule has 3 nitrogen and oxygen atoms in total. The Morgan fingerprint density at radius 2 is 2.60 bits per heavy atom. The molecule has 0 fully saturated rings. The van der Waals surface area contributed by atoms with Crippen molar-refractivity contribution in [2.24, 2.45) is 0 Å². The summed E-state index contributed by atoms with van der Waals surface area (Å²) in [6.45, 7) is 0. The molecule has 4 heteroatoms. The van der Waals surface area contributed by atoms with Crippen LogP contribution in [0.15, 0.2) is 18.3 Å². The molecule has 0 atom stereocenters. The number of fused-ring (bicyclic) bond motifs is 1. The van der Waals surface area contributed by atoms with E-state index in [-0.39, 0.29) is 0 Å². The Labute approximate surface area is 63.7 Å². The lowest BCUT2D eigenvalue weighted by Gasteiger charge is -2.04. The van der Waals surface area contributed by atoms with Gasteiger partial charge in [-0.2, -0.15) is 0 Å². The van der Waals surface area contributed by atoms with Gasteiger partial charge in [-0.3, -0.25) is 4.31 Å². The Bertz CT molecular complexity index is 251. The van der Waals surface area contributed by atoms with Gasteiger partial charge in [0.25, 0.3) is 0 Å². The van der Waals surface area contributed by atoms with Crippen LogP contribution in [0, 0.1) is 0 Å². The standard InChI is InChI=1S/C6H7N3S/c1-9-6-5(8-10-9)3-2-4-7-6/h2-4,8H,1H3. The highest BCUT2D eigenvalue weighted by molar-refractivity contribution is 8.02. The van der Waals surface area contributed by atoms with Crippen molar-refractivity contribution in [1.82, 2.24) is 4.98 Å². The minimum atomic E-state index is 1.01. The van der Waals surface area contributed by atoms with Gasteiger partial charge in [0.2, 0.25) is 0 Å². The van der Waals surface area contributed by atoms with Crippen LogP contribution in [0.25, 0.3) is 0 Å². The molecule has 1 aromatic rings. The smallest absolute Gasteiger partial charge is 0.163 e. The van der Waals surface area contributed by atoms with E-state index >= 15 is 0 Å². The molecule has 0 aromatic carbocycles. The van der Waals surface area contributed by atoms with Gasteiger partial charge in [0.1, 0.15) is 0 Å². The van der Waals surface area contributed by atoms with Crippen LogP contribution in [0.2, 0.25) is 0 Å². The Morgan fingerprint density at radius 1 is 1.70 bits per heavy atom. The number of hydrogen-bond donors (Lipinski definition) is 1.